The van der Waals surface area contributed by atoms with Crippen molar-refractivity contribution in [3.63, 3.8) is 0 Å². The van der Waals surface area contributed by atoms with E-state index >= 15 is 0 Å². The fraction of sp³-hybridized carbons (Fsp3) is 0.688. The van der Waals surface area contributed by atoms with Gasteiger partial charge in [-0.3, -0.25) is 4.90 Å². The first-order chi connectivity index (χ1) is 11.3. The Bertz CT molecular complexity index is 655. The number of fused-ring (bicyclic) bond motifs is 1. The molecule has 0 spiro atoms. The number of hydrogen-bond acceptors (Lipinski definition) is 6. The third-order valence-corrected chi connectivity index (χ3v) is 6.04. The van der Waals surface area contributed by atoms with E-state index in [1.54, 1.807) is 0 Å². The maximum absolute atomic E-state index is 4.55. The number of nitrogens with one attached hydrogen (secondary N) is 1. The van der Waals surface area contributed by atoms with Crippen molar-refractivity contribution in [2.24, 2.45) is 0 Å². The van der Waals surface area contributed by atoms with Gasteiger partial charge in [0.15, 0.2) is 0 Å². The van der Waals surface area contributed by atoms with Crippen LogP contribution in [0.1, 0.15) is 47.2 Å². The lowest BCUT2D eigenvalue weighted by Crippen LogP contribution is -2.34. The molecule has 23 heavy (non-hydrogen) atoms. The second kappa shape index (κ2) is 6.67. The number of hydrogen-bond donors (Lipinski definition) is 1. The SMILES string of the molecule is CCc1cnc(CN2CCC(c3nnc4n3CCNC4)CC2)s1. The zero-order valence-electron chi connectivity index (χ0n) is 13.7. The molecule has 2 aliphatic heterocycles. The van der Waals surface area contributed by atoms with E-state index in [0.717, 1.165) is 51.5 Å². The predicted molar refractivity (Wildman–Crippen MR) is 90.5 cm³/mol. The second-order valence-electron chi connectivity index (χ2n) is 6.43. The first-order valence-corrected chi connectivity index (χ1v) is 9.43. The first-order valence-electron chi connectivity index (χ1n) is 8.62. The second-order valence-corrected chi connectivity index (χ2v) is 7.63. The van der Waals surface area contributed by atoms with E-state index in [0.29, 0.717) is 5.92 Å². The predicted octanol–water partition coefficient (Wildman–Crippen LogP) is 1.78. The highest BCUT2D eigenvalue weighted by atomic mass is 32.1. The molecular weight excluding hydrogens is 308 g/mol. The van der Waals surface area contributed by atoms with E-state index in [2.05, 4.69) is 36.9 Å². The summed E-state index contributed by atoms with van der Waals surface area (Å²) in [6.45, 7) is 8.35. The third-order valence-electron chi connectivity index (χ3n) is 4.91. The van der Waals surface area contributed by atoms with Crippen molar-refractivity contribution in [3.05, 3.63) is 27.7 Å². The first kappa shape index (κ1) is 15.2. The van der Waals surface area contributed by atoms with Crippen molar-refractivity contribution >= 4 is 11.3 Å². The highest BCUT2D eigenvalue weighted by Gasteiger charge is 2.27. The molecule has 1 N–H and O–H groups in total. The van der Waals surface area contributed by atoms with Gasteiger partial charge in [0, 0.05) is 30.1 Å². The molecule has 0 bridgehead atoms. The van der Waals surface area contributed by atoms with Crippen LogP contribution in [0.25, 0.3) is 0 Å². The molecule has 1 fully saturated rings. The van der Waals surface area contributed by atoms with E-state index in [1.165, 1.54) is 28.6 Å². The number of aryl methyl sites for hydroxylation is 1. The van der Waals surface area contributed by atoms with Gasteiger partial charge in [-0.2, -0.15) is 0 Å². The maximum atomic E-state index is 4.55. The Morgan fingerprint density at radius 2 is 2.13 bits per heavy atom. The van der Waals surface area contributed by atoms with Crippen molar-refractivity contribution < 1.29 is 0 Å². The molecule has 0 unspecified atom stereocenters. The van der Waals surface area contributed by atoms with Crippen molar-refractivity contribution in [1.82, 2.24) is 30.0 Å². The smallest absolute Gasteiger partial charge is 0.147 e. The van der Waals surface area contributed by atoms with Crippen LogP contribution in [0.3, 0.4) is 0 Å². The molecule has 2 aliphatic rings. The minimum Gasteiger partial charge on any atom is -0.312 e. The molecule has 1 saturated heterocycles. The number of aromatic nitrogens is 4. The molecule has 124 valence electrons. The summed E-state index contributed by atoms with van der Waals surface area (Å²) in [7, 11) is 0. The summed E-state index contributed by atoms with van der Waals surface area (Å²) < 4.78 is 2.34. The van der Waals surface area contributed by atoms with Gasteiger partial charge in [-0.15, -0.1) is 21.5 Å². The summed E-state index contributed by atoms with van der Waals surface area (Å²) >= 11 is 1.86. The maximum Gasteiger partial charge on any atom is 0.147 e. The monoisotopic (exact) mass is 332 g/mol. The lowest BCUT2D eigenvalue weighted by molar-refractivity contribution is 0.199. The zero-order chi connectivity index (χ0) is 15.6. The topological polar surface area (TPSA) is 58.9 Å². The fourth-order valence-corrected chi connectivity index (χ4v) is 4.45. The lowest BCUT2D eigenvalue weighted by Gasteiger charge is -2.31. The number of piperidine rings is 1. The van der Waals surface area contributed by atoms with Crippen LogP contribution in [0.4, 0.5) is 0 Å². The summed E-state index contributed by atoms with van der Waals surface area (Å²) in [6.07, 6.45) is 5.48. The van der Waals surface area contributed by atoms with Gasteiger partial charge in [0.2, 0.25) is 0 Å². The molecule has 0 saturated carbocycles. The lowest BCUT2D eigenvalue weighted by atomic mass is 9.96. The highest BCUT2D eigenvalue weighted by molar-refractivity contribution is 7.11. The van der Waals surface area contributed by atoms with Gasteiger partial charge in [-0.25, -0.2) is 4.98 Å². The molecule has 0 aliphatic carbocycles. The third kappa shape index (κ3) is 3.18. The zero-order valence-corrected chi connectivity index (χ0v) is 14.5. The van der Waals surface area contributed by atoms with Crippen LogP contribution in [0.15, 0.2) is 6.20 Å². The summed E-state index contributed by atoms with van der Waals surface area (Å²) in [4.78, 5) is 8.47. The van der Waals surface area contributed by atoms with Gasteiger partial charge in [0.1, 0.15) is 16.7 Å². The molecule has 2 aromatic rings. The van der Waals surface area contributed by atoms with Gasteiger partial charge in [-0.1, -0.05) is 6.92 Å². The van der Waals surface area contributed by atoms with Gasteiger partial charge >= 0.3 is 0 Å². The Hall–Kier alpha value is -1.31. The molecular formula is C16H24N6S. The van der Waals surface area contributed by atoms with Crippen molar-refractivity contribution in [2.45, 2.75) is 51.7 Å². The molecule has 0 aromatic carbocycles. The Morgan fingerprint density at radius 1 is 1.26 bits per heavy atom. The fourth-order valence-electron chi connectivity index (χ4n) is 3.54. The molecule has 4 heterocycles. The quantitative estimate of drug-likeness (QED) is 0.925. The Kier molecular flexibility index (Phi) is 4.41. The largest absolute Gasteiger partial charge is 0.312 e. The number of nitrogens with zero attached hydrogens (tertiary/aromatic N) is 5. The van der Waals surface area contributed by atoms with Gasteiger partial charge in [0.25, 0.3) is 0 Å². The Morgan fingerprint density at radius 3 is 2.91 bits per heavy atom. The van der Waals surface area contributed by atoms with E-state index in [-0.39, 0.29) is 0 Å². The molecule has 0 amide bonds. The molecule has 2 aromatic heterocycles. The van der Waals surface area contributed by atoms with Gasteiger partial charge in [-0.05, 0) is 32.4 Å². The molecule has 0 radical (unpaired) electrons. The standard InChI is InChI=1S/C16H24N6S/c1-2-13-9-18-15(23-13)11-21-6-3-12(4-7-21)16-20-19-14-10-17-5-8-22(14)16/h9,12,17H,2-8,10-11H2,1H3. The summed E-state index contributed by atoms with van der Waals surface area (Å²) in [5.41, 5.74) is 0. The minimum absolute atomic E-state index is 0.563. The van der Waals surface area contributed by atoms with Crippen LogP contribution in [0, 0.1) is 0 Å². The van der Waals surface area contributed by atoms with Crippen LogP contribution in [0.5, 0.6) is 0 Å². The summed E-state index contributed by atoms with van der Waals surface area (Å²) in [5, 5.41) is 13.5. The van der Waals surface area contributed by atoms with E-state index in [9.17, 15) is 0 Å². The summed E-state index contributed by atoms with van der Waals surface area (Å²) in [5.74, 6) is 2.88. The van der Waals surface area contributed by atoms with E-state index in [4.69, 9.17) is 0 Å². The number of thiazole rings is 1. The van der Waals surface area contributed by atoms with E-state index < -0.39 is 0 Å². The van der Waals surface area contributed by atoms with Crippen molar-refractivity contribution in [1.29, 1.82) is 0 Å². The number of likely N-dealkylation sites (tertiary alicyclic amines) is 1. The normalized spacial score (nSPS) is 19.9. The molecule has 0 atom stereocenters. The molecule has 6 nitrogen and oxygen atoms in total. The van der Waals surface area contributed by atoms with Crippen LogP contribution in [-0.4, -0.2) is 44.3 Å². The van der Waals surface area contributed by atoms with Crippen LogP contribution >= 0.6 is 11.3 Å². The molecule has 4 rings (SSSR count). The highest BCUT2D eigenvalue weighted by Crippen LogP contribution is 2.29. The average Bonchev–Trinajstić information content (AvgIpc) is 3.22. The summed E-state index contributed by atoms with van der Waals surface area (Å²) in [6, 6.07) is 0. The number of rotatable bonds is 4. The minimum atomic E-state index is 0.563. The van der Waals surface area contributed by atoms with Crippen LogP contribution in [-0.2, 0) is 26.1 Å². The van der Waals surface area contributed by atoms with Crippen LogP contribution < -0.4 is 5.32 Å². The van der Waals surface area contributed by atoms with Crippen LogP contribution in [0.2, 0.25) is 0 Å². The van der Waals surface area contributed by atoms with Gasteiger partial charge < -0.3 is 9.88 Å². The molecule has 7 heteroatoms. The average molecular weight is 332 g/mol. The van der Waals surface area contributed by atoms with Gasteiger partial charge in [0.05, 0.1) is 13.1 Å². The van der Waals surface area contributed by atoms with E-state index in [1.807, 2.05) is 17.5 Å². The Labute approximate surface area is 140 Å². The van der Waals surface area contributed by atoms with Crippen molar-refractivity contribution in [2.75, 3.05) is 19.6 Å². The van der Waals surface area contributed by atoms with Crippen molar-refractivity contribution in [3.8, 4) is 0 Å². The Balaban J connectivity index is 1.36.